The molecule has 2 aromatic heterocycles. The van der Waals surface area contributed by atoms with Crippen molar-refractivity contribution in [1.82, 2.24) is 9.97 Å². The van der Waals surface area contributed by atoms with Crippen molar-refractivity contribution in [3.63, 3.8) is 0 Å². The predicted octanol–water partition coefficient (Wildman–Crippen LogP) is 4.91. The van der Waals surface area contributed by atoms with Crippen LogP contribution in [0.3, 0.4) is 0 Å². The molecule has 0 saturated carbocycles. The highest BCUT2D eigenvalue weighted by Gasteiger charge is 2.21. The van der Waals surface area contributed by atoms with Crippen molar-refractivity contribution in [3.8, 4) is 33.5 Å². The second kappa shape index (κ2) is 7.51. The Bertz CT molecular complexity index is 1210. The van der Waals surface area contributed by atoms with Crippen LogP contribution in [0.2, 0.25) is 0 Å². The van der Waals surface area contributed by atoms with Crippen LogP contribution < -0.4 is 4.74 Å². The minimum Gasteiger partial charge on any atom is -0.438 e. The molecule has 0 unspecified atom stereocenters. The van der Waals surface area contributed by atoms with Crippen LogP contribution in [0.15, 0.2) is 83.2 Å². The lowest BCUT2D eigenvalue weighted by Gasteiger charge is -2.12. The van der Waals surface area contributed by atoms with Crippen LogP contribution in [0.5, 0.6) is 11.6 Å². The Hall–Kier alpha value is -3.07. The summed E-state index contributed by atoms with van der Waals surface area (Å²) in [7, 11) is -4.45. The number of thiazole rings is 1. The van der Waals surface area contributed by atoms with E-state index >= 15 is 0 Å². The molecule has 6 nitrogen and oxygen atoms in total. The van der Waals surface area contributed by atoms with E-state index in [2.05, 4.69) is 9.97 Å². The van der Waals surface area contributed by atoms with E-state index < -0.39 is 10.1 Å². The normalized spacial score (nSPS) is 11.3. The molecule has 0 aliphatic heterocycles. The molecule has 140 valence electrons. The molecule has 0 fully saturated rings. The number of rotatable bonds is 5. The number of para-hydroxylation sites is 1. The van der Waals surface area contributed by atoms with Gasteiger partial charge in [0.25, 0.3) is 10.1 Å². The molecule has 2 heterocycles. The van der Waals surface area contributed by atoms with E-state index in [1.54, 1.807) is 5.38 Å². The first kappa shape index (κ1) is 18.3. The van der Waals surface area contributed by atoms with Gasteiger partial charge in [0.2, 0.25) is 5.88 Å². The van der Waals surface area contributed by atoms with Crippen molar-refractivity contribution in [2.45, 2.75) is 4.90 Å². The van der Waals surface area contributed by atoms with Crippen molar-refractivity contribution in [2.24, 2.45) is 0 Å². The molecule has 0 bridgehead atoms. The van der Waals surface area contributed by atoms with E-state index in [4.69, 9.17) is 4.74 Å². The van der Waals surface area contributed by atoms with E-state index in [0.717, 1.165) is 11.1 Å². The minimum atomic E-state index is -4.45. The summed E-state index contributed by atoms with van der Waals surface area (Å²) in [5.41, 5.74) is 1.90. The molecule has 0 aliphatic rings. The summed E-state index contributed by atoms with van der Waals surface area (Å²) >= 11 is 1.22. The van der Waals surface area contributed by atoms with Crippen LogP contribution in [0.4, 0.5) is 0 Å². The van der Waals surface area contributed by atoms with Crippen molar-refractivity contribution in [1.29, 1.82) is 0 Å². The molecule has 1 N–H and O–H groups in total. The van der Waals surface area contributed by atoms with Crippen molar-refractivity contribution >= 4 is 21.5 Å². The molecule has 4 rings (SSSR count). The number of benzene rings is 2. The van der Waals surface area contributed by atoms with Crippen LogP contribution in [-0.2, 0) is 10.1 Å². The molecular formula is C20H14N2O4S2. The van der Waals surface area contributed by atoms with E-state index in [0.29, 0.717) is 10.8 Å². The first-order chi connectivity index (χ1) is 13.5. The average Bonchev–Trinajstić information content (AvgIpc) is 3.23. The average molecular weight is 410 g/mol. The van der Waals surface area contributed by atoms with Crippen LogP contribution in [-0.4, -0.2) is 22.9 Å². The molecule has 0 saturated heterocycles. The highest BCUT2D eigenvalue weighted by Crippen LogP contribution is 2.35. The third-order valence-corrected chi connectivity index (χ3v) is 5.60. The monoisotopic (exact) mass is 410 g/mol. The molecule has 0 atom stereocenters. The zero-order chi connectivity index (χ0) is 19.6. The lowest BCUT2D eigenvalue weighted by molar-refractivity contribution is 0.462. The minimum absolute atomic E-state index is 0.0483. The molecule has 2 aromatic carbocycles. The number of nitrogens with zero attached hydrogens (tertiary/aromatic N) is 2. The van der Waals surface area contributed by atoms with Gasteiger partial charge in [0, 0.05) is 23.2 Å². The van der Waals surface area contributed by atoms with E-state index in [9.17, 15) is 13.0 Å². The van der Waals surface area contributed by atoms with Crippen LogP contribution in [0.25, 0.3) is 21.8 Å². The van der Waals surface area contributed by atoms with Crippen LogP contribution in [0.1, 0.15) is 0 Å². The number of pyridine rings is 1. The highest BCUT2D eigenvalue weighted by atomic mass is 32.2. The summed E-state index contributed by atoms with van der Waals surface area (Å²) in [5.74, 6) is 0.770. The van der Waals surface area contributed by atoms with Gasteiger partial charge in [-0.25, -0.2) is 9.97 Å². The Balaban J connectivity index is 1.78. The molecule has 8 heteroatoms. The van der Waals surface area contributed by atoms with Gasteiger partial charge < -0.3 is 4.74 Å². The largest absolute Gasteiger partial charge is 0.438 e. The molecular weight excluding hydrogens is 396 g/mol. The molecule has 4 aromatic rings. The summed E-state index contributed by atoms with van der Waals surface area (Å²) in [6.45, 7) is 0. The first-order valence-electron chi connectivity index (χ1n) is 8.23. The third kappa shape index (κ3) is 3.79. The second-order valence-corrected chi connectivity index (χ2v) is 8.06. The Morgan fingerprint density at radius 2 is 1.68 bits per heavy atom. The topological polar surface area (TPSA) is 89.4 Å². The van der Waals surface area contributed by atoms with Crippen LogP contribution in [0, 0.1) is 0 Å². The predicted molar refractivity (Wildman–Crippen MR) is 107 cm³/mol. The smallest absolute Gasteiger partial charge is 0.296 e. The molecule has 0 radical (unpaired) electrons. The maximum atomic E-state index is 11.7. The van der Waals surface area contributed by atoms with Crippen molar-refractivity contribution < 1.29 is 17.7 Å². The number of aromatic nitrogens is 2. The molecule has 0 amide bonds. The van der Waals surface area contributed by atoms with Gasteiger partial charge in [0.05, 0.1) is 0 Å². The first-order valence-corrected chi connectivity index (χ1v) is 10.5. The van der Waals surface area contributed by atoms with Gasteiger partial charge in [-0.15, -0.1) is 11.3 Å². The van der Waals surface area contributed by atoms with Gasteiger partial charge >= 0.3 is 0 Å². The molecule has 0 aliphatic carbocycles. The zero-order valence-electron chi connectivity index (χ0n) is 14.4. The standard InChI is InChI=1S/C20H14N2O4S2/c23-28(24,25)17-10-11-18(22-19(17)20-21-12-13-27-20)26-16-9-5-4-8-15(16)14-6-2-1-3-7-14/h1-13H,(H,23,24,25). The Morgan fingerprint density at radius 3 is 2.39 bits per heavy atom. The fourth-order valence-corrected chi connectivity index (χ4v) is 4.04. The van der Waals surface area contributed by atoms with E-state index in [1.165, 1.54) is 29.7 Å². The van der Waals surface area contributed by atoms with Gasteiger partial charge in [0.1, 0.15) is 21.3 Å². The van der Waals surface area contributed by atoms with Gasteiger partial charge in [-0.05, 0) is 17.7 Å². The Kier molecular flexibility index (Phi) is 4.91. The summed E-state index contributed by atoms with van der Waals surface area (Å²) in [6, 6.07) is 19.9. The summed E-state index contributed by atoms with van der Waals surface area (Å²) in [6.07, 6.45) is 1.54. The number of hydrogen-bond donors (Lipinski definition) is 1. The van der Waals surface area contributed by atoms with E-state index in [-0.39, 0.29) is 16.5 Å². The van der Waals surface area contributed by atoms with Gasteiger partial charge in [0.15, 0.2) is 0 Å². The second-order valence-electron chi connectivity index (χ2n) is 5.77. The third-order valence-electron chi connectivity index (χ3n) is 3.93. The van der Waals surface area contributed by atoms with Gasteiger partial charge in [-0.3, -0.25) is 4.55 Å². The Morgan fingerprint density at radius 1 is 0.929 bits per heavy atom. The quantitative estimate of drug-likeness (QED) is 0.470. The summed E-state index contributed by atoms with van der Waals surface area (Å²) in [4.78, 5) is 8.08. The lowest BCUT2D eigenvalue weighted by atomic mass is 10.1. The van der Waals surface area contributed by atoms with E-state index in [1.807, 2.05) is 54.6 Å². The van der Waals surface area contributed by atoms with Gasteiger partial charge in [-0.2, -0.15) is 8.42 Å². The molecule has 0 spiro atoms. The number of hydrogen-bond acceptors (Lipinski definition) is 6. The zero-order valence-corrected chi connectivity index (χ0v) is 16.0. The van der Waals surface area contributed by atoms with Gasteiger partial charge in [-0.1, -0.05) is 48.5 Å². The van der Waals surface area contributed by atoms with Crippen molar-refractivity contribution in [3.05, 3.63) is 78.3 Å². The highest BCUT2D eigenvalue weighted by molar-refractivity contribution is 7.86. The summed E-state index contributed by atoms with van der Waals surface area (Å²) < 4.78 is 38.9. The maximum absolute atomic E-state index is 11.7. The molecule has 28 heavy (non-hydrogen) atoms. The van der Waals surface area contributed by atoms with Crippen LogP contribution >= 0.6 is 11.3 Å². The fraction of sp³-hybridized carbons (Fsp3) is 0. The number of ether oxygens (including phenoxy) is 1. The maximum Gasteiger partial charge on any atom is 0.296 e. The van der Waals surface area contributed by atoms with Crippen molar-refractivity contribution in [2.75, 3.05) is 0 Å². The summed E-state index contributed by atoms with van der Waals surface area (Å²) in [5, 5.41) is 2.07. The lowest BCUT2D eigenvalue weighted by Crippen LogP contribution is -2.03. The SMILES string of the molecule is O=S(=O)(O)c1ccc(Oc2ccccc2-c2ccccc2)nc1-c1nccs1. The fourth-order valence-electron chi connectivity index (χ4n) is 2.71. The Labute approximate surface area is 165 Å².